The first-order valence-electron chi connectivity index (χ1n) is 7.15. The Morgan fingerprint density at radius 2 is 2.06 bits per heavy atom. The van der Waals surface area contributed by atoms with Crippen molar-refractivity contribution in [3.8, 4) is 0 Å². The summed E-state index contributed by atoms with van der Waals surface area (Å²) in [6.45, 7) is 8.47. The molecule has 2 heteroatoms. The maximum absolute atomic E-state index is 3.30. The average Bonchev–Trinajstić information content (AvgIpc) is 2.25. The largest absolute Gasteiger partial charge is 0.317 e. The van der Waals surface area contributed by atoms with E-state index in [-0.39, 0.29) is 0 Å². The van der Waals surface area contributed by atoms with Gasteiger partial charge >= 0.3 is 0 Å². The Hall–Kier alpha value is -0.0800. The maximum atomic E-state index is 3.30. The molecule has 0 saturated heterocycles. The lowest BCUT2D eigenvalue weighted by molar-refractivity contribution is 0.181. The van der Waals surface area contributed by atoms with Crippen molar-refractivity contribution in [1.29, 1.82) is 0 Å². The molecule has 0 heterocycles. The fraction of sp³-hybridized carbons (Fsp3) is 1.00. The minimum absolute atomic E-state index is 0.682. The second kappa shape index (κ2) is 8.08. The van der Waals surface area contributed by atoms with Crippen LogP contribution in [0.3, 0.4) is 0 Å². The molecular formula is C14H30N2. The first kappa shape index (κ1) is 14.0. The third-order valence-corrected chi connectivity index (χ3v) is 4.04. The summed E-state index contributed by atoms with van der Waals surface area (Å²) in [5.74, 6) is 1.02. The van der Waals surface area contributed by atoms with Crippen LogP contribution < -0.4 is 5.32 Å². The minimum Gasteiger partial charge on any atom is -0.317 e. The van der Waals surface area contributed by atoms with Crippen LogP contribution in [-0.2, 0) is 0 Å². The van der Waals surface area contributed by atoms with Crippen molar-refractivity contribution in [3.63, 3.8) is 0 Å². The standard InChI is InChI=1S/C14H30N2/c1-4-16(12-14-9-7-10-14)11-6-5-8-13(2)15-3/h13-15H,4-12H2,1-3H3. The Bertz CT molecular complexity index is 166. The molecule has 1 rings (SSSR count). The molecule has 0 amide bonds. The van der Waals surface area contributed by atoms with Crippen LogP contribution in [0.5, 0.6) is 0 Å². The molecule has 1 saturated carbocycles. The van der Waals surface area contributed by atoms with Crippen LogP contribution >= 0.6 is 0 Å². The van der Waals surface area contributed by atoms with Crippen LogP contribution in [0.25, 0.3) is 0 Å². The van der Waals surface area contributed by atoms with Gasteiger partial charge in [0.1, 0.15) is 0 Å². The molecule has 96 valence electrons. The maximum Gasteiger partial charge on any atom is 0.00357 e. The summed E-state index contributed by atoms with van der Waals surface area (Å²) in [6.07, 6.45) is 8.48. The highest BCUT2D eigenvalue weighted by atomic mass is 15.1. The van der Waals surface area contributed by atoms with E-state index in [2.05, 4.69) is 31.1 Å². The van der Waals surface area contributed by atoms with E-state index in [4.69, 9.17) is 0 Å². The highest BCUT2D eigenvalue weighted by molar-refractivity contribution is 4.73. The van der Waals surface area contributed by atoms with E-state index in [1.165, 1.54) is 58.2 Å². The molecule has 1 aliphatic carbocycles. The fourth-order valence-electron chi connectivity index (χ4n) is 2.35. The zero-order valence-corrected chi connectivity index (χ0v) is 11.5. The Kier molecular flexibility index (Phi) is 7.06. The number of rotatable bonds is 9. The van der Waals surface area contributed by atoms with Gasteiger partial charge in [0, 0.05) is 12.6 Å². The molecule has 1 atom stereocenters. The quantitative estimate of drug-likeness (QED) is 0.608. The molecule has 0 aromatic heterocycles. The SMILES string of the molecule is CCN(CCCCC(C)NC)CC1CCC1. The third-order valence-electron chi connectivity index (χ3n) is 4.04. The molecule has 16 heavy (non-hydrogen) atoms. The van der Waals surface area contributed by atoms with Crippen LogP contribution in [0.4, 0.5) is 0 Å². The van der Waals surface area contributed by atoms with Crippen LogP contribution in [0.1, 0.15) is 52.4 Å². The van der Waals surface area contributed by atoms with Crippen molar-refractivity contribution >= 4 is 0 Å². The van der Waals surface area contributed by atoms with Crippen LogP contribution in [-0.4, -0.2) is 37.6 Å². The molecule has 0 aromatic carbocycles. The summed E-state index contributed by atoms with van der Waals surface area (Å²) in [5.41, 5.74) is 0. The molecule has 1 unspecified atom stereocenters. The second-order valence-electron chi connectivity index (χ2n) is 5.38. The number of hydrogen-bond donors (Lipinski definition) is 1. The number of hydrogen-bond acceptors (Lipinski definition) is 2. The summed E-state index contributed by atoms with van der Waals surface area (Å²) in [4.78, 5) is 2.65. The Morgan fingerprint density at radius 3 is 2.56 bits per heavy atom. The molecular weight excluding hydrogens is 196 g/mol. The summed E-state index contributed by atoms with van der Waals surface area (Å²) in [7, 11) is 2.06. The van der Waals surface area contributed by atoms with E-state index in [1.54, 1.807) is 0 Å². The molecule has 0 spiro atoms. The summed E-state index contributed by atoms with van der Waals surface area (Å²) >= 11 is 0. The molecule has 0 bridgehead atoms. The zero-order chi connectivity index (χ0) is 11.8. The zero-order valence-electron chi connectivity index (χ0n) is 11.5. The predicted molar refractivity (Wildman–Crippen MR) is 71.8 cm³/mol. The molecule has 1 fully saturated rings. The van der Waals surface area contributed by atoms with E-state index in [0.29, 0.717) is 6.04 Å². The smallest absolute Gasteiger partial charge is 0.00357 e. The van der Waals surface area contributed by atoms with Crippen LogP contribution in [0, 0.1) is 5.92 Å². The molecule has 1 aliphatic rings. The van der Waals surface area contributed by atoms with Crippen molar-refractivity contribution in [2.45, 2.75) is 58.4 Å². The van der Waals surface area contributed by atoms with Gasteiger partial charge in [-0.3, -0.25) is 0 Å². The molecule has 1 N–H and O–H groups in total. The molecule has 0 radical (unpaired) electrons. The average molecular weight is 226 g/mol. The Morgan fingerprint density at radius 1 is 1.31 bits per heavy atom. The lowest BCUT2D eigenvalue weighted by Gasteiger charge is -2.31. The van der Waals surface area contributed by atoms with Gasteiger partial charge in [-0.1, -0.05) is 19.8 Å². The summed E-state index contributed by atoms with van der Waals surface area (Å²) in [5, 5.41) is 3.30. The van der Waals surface area contributed by atoms with E-state index in [9.17, 15) is 0 Å². The monoisotopic (exact) mass is 226 g/mol. The van der Waals surface area contributed by atoms with Gasteiger partial charge in [-0.2, -0.15) is 0 Å². The van der Waals surface area contributed by atoms with E-state index in [1.807, 2.05) is 0 Å². The van der Waals surface area contributed by atoms with Gasteiger partial charge in [-0.25, -0.2) is 0 Å². The summed E-state index contributed by atoms with van der Waals surface area (Å²) in [6, 6.07) is 0.682. The van der Waals surface area contributed by atoms with Crippen molar-refractivity contribution in [2.75, 3.05) is 26.7 Å². The summed E-state index contributed by atoms with van der Waals surface area (Å²) < 4.78 is 0. The van der Waals surface area contributed by atoms with Crippen LogP contribution in [0.15, 0.2) is 0 Å². The van der Waals surface area contributed by atoms with Gasteiger partial charge in [-0.05, 0) is 58.7 Å². The van der Waals surface area contributed by atoms with Gasteiger partial charge in [0.2, 0.25) is 0 Å². The molecule has 2 nitrogen and oxygen atoms in total. The van der Waals surface area contributed by atoms with E-state index >= 15 is 0 Å². The lowest BCUT2D eigenvalue weighted by atomic mass is 9.85. The highest BCUT2D eigenvalue weighted by Crippen LogP contribution is 2.27. The van der Waals surface area contributed by atoms with E-state index in [0.717, 1.165) is 5.92 Å². The topological polar surface area (TPSA) is 15.3 Å². The third kappa shape index (κ3) is 5.31. The van der Waals surface area contributed by atoms with Gasteiger partial charge in [0.25, 0.3) is 0 Å². The van der Waals surface area contributed by atoms with Crippen molar-refractivity contribution < 1.29 is 0 Å². The first-order valence-corrected chi connectivity index (χ1v) is 7.15. The number of unbranched alkanes of at least 4 members (excludes halogenated alkanes) is 1. The predicted octanol–water partition coefficient (Wildman–Crippen LogP) is 2.89. The highest BCUT2D eigenvalue weighted by Gasteiger charge is 2.19. The Labute approximate surface area is 102 Å². The van der Waals surface area contributed by atoms with Crippen molar-refractivity contribution in [3.05, 3.63) is 0 Å². The van der Waals surface area contributed by atoms with Gasteiger partial charge in [0.05, 0.1) is 0 Å². The van der Waals surface area contributed by atoms with Crippen molar-refractivity contribution in [2.24, 2.45) is 5.92 Å². The lowest BCUT2D eigenvalue weighted by Crippen LogP contribution is -2.33. The fourth-order valence-corrected chi connectivity index (χ4v) is 2.35. The molecule has 0 aliphatic heterocycles. The van der Waals surface area contributed by atoms with Gasteiger partial charge in [-0.15, -0.1) is 0 Å². The first-order chi connectivity index (χ1) is 7.76. The number of nitrogens with one attached hydrogen (secondary N) is 1. The van der Waals surface area contributed by atoms with Gasteiger partial charge < -0.3 is 10.2 Å². The molecule has 0 aromatic rings. The van der Waals surface area contributed by atoms with Gasteiger partial charge in [0.15, 0.2) is 0 Å². The normalized spacial score (nSPS) is 18.8. The second-order valence-corrected chi connectivity index (χ2v) is 5.38. The van der Waals surface area contributed by atoms with Crippen molar-refractivity contribution in [1.82, 2.24) is 10.2 Å². The minimum atomic E-state index is 0.682. The number of nitrogens with zero attached hydrogens (tertiary/aromatic N) is 1. The van der Waals surface area contributed by atoms with Crippen LogP contribution in [0.2, 0.25) is 0 Å². The Balaban J connectivity index is 1.99. The van der Waals surface area contributed by atoms with E-state index < -0.39 is 0 Å².